The van der Waals surface area contributed by atoms with Crippen LogP contribution in [0.3, 0.4) is 0 Å². The number of rotatable bonds is 5. The van der Waals surface area contributed by atoms with Crippen molar-refractivity contribution in [2.75, 3.05) is 13.2 Å². The molecule has 0 bridgehead atoms. The standard InChI is InChI=1S/C12H16ClNO4/c1-2-12(6-15,7-16)14-11(18)8-3-4-10(17)9(13)5-8/h3-5,15-17H,2,6-7H2,1H3,(H,14,18). The van der Waals surface area contributed by atoms with Gasteiger partial charge in [-0.15, -0.1) is 0 Å². The number of phenols is 1. The number of phenolic OH excluding ortho intramolecular Hbond substituents is 1. The number of aromatic hydroxyl groups is 1. The zero-order chi connectivity index (χ0) is 13.8. The maximum absolute atomic E-state index is 11.9. The summed E-state index contributed by atoms with van der Waals surface area (Å²) in [7, 11) is 0. The number of benzene rings is 1. The summed E-state index contributed by atoms with van der Waals surface area (Å²) in [6, 6.07) is 4.04. The van der Waals surface area contributed by atoms with Gasteiger partial charge in [-0.1, -0.05) is 18.5 Å². The Balaban J connectivity index is 2.90. The summed E-state index contributed by atoms with van der Waals surface area (Å²) in [5.41, 5.74) is -0.806. The van der Waals surface area contributed by atoms with Gasteiger partial charge in [0.05, 0.1) is 23.8 Å². The van der Waals surface area contributed by atoms with Gasteiger partial charge in [-0.2, -0.15) is 0 Å². The van der Waals surface area contributed by atoms with Gasteiger partial charge in [0.15, 0.2) is 0 Å². The number of hydrogen-bond donors (Lipinski definition) is 4. The molecule has 0 radical (unpaired) electrons. The van der Waals surface area contributed by atoms with E-state index in [9.17, 15) is 20.1 Å². The van der Waals surface area contributed by atoms with Gasteiger partial charge in [-0.25, -0.2) is 0 Å². The molecule has 0 aliphatic rings. The summed E-state index contributed by atoms with van der Waals surface area (Å²) < 4.78 is 0. The quantitative estimate of drug-likeness (QED) is 0.642. The highest BCUT2D eigenvalue weighted by Crippen LogP contribution is 2.24. The van der Waals surface area contributed by atoms with Crippen LogP contribution in [0.5, 0.6) is 5.75 Å². The molecule has 18 heavy (non-hydrogen) atoms. The first-order valence-electron chi connectivity index (χ1n) is 5.50. The topological polar surface area (TPSA) is 89.8 Å². The lowest BCUT2D eigenvalue weighted by molar-refractivity contribution is 0.0653. The minimum atomic E-state index is -1.05. The summed E-state index contributed by atoms with van der Waals surface area (Å²) in [5.74, 6) is -0.582. The Kier molecular flexibility index (Phi) is 4.95. The van der Waals surface area contributed by atoms with E-state index in [0.29, 0.717) is 6.42 Å². The fourth-order valence-corrected chi connectivity index (χ4v) is 1.58. The Morgan fingerprint density at radius 2 is 2.00 bits per heavy atom. The third-order valence-electron chi connectivity index (χ3n) is 2.87. The molecule has 6 heteroatoms. The van der Waals surface area contributed by atoms with E-state index in [1.54, 1.807) is 6.92 Å². The molecule has 5 nitrogen and oxygen atoms in total. The van der Waals surface area contributed by atoms with E-state index in [2.05, 4.69) is 5.32 Å². The van der Waals surface area contributed by atoms with Crippen molar-refractivity contribution in [3.8, 4) is 5.75 Å². The highest BCUT2D eigenvalue weighted by Gasteiger charge is 2.29. The fourth-order valence-electron chi connectivity index (χ4n) is 1.40. The molecule has 1 aromatic carbocycles. The van der Waals surface area contributed by atoms with Crippen molar-refractivity contribution < 1.29 is 20.1 Å². The molecule has 1 rings (SSSR count). The summed E-state index contributed by atoms with van der Waals surface area (Å²) in [5, 5.41) is 30.3. The molecular weight excluding hydrogens is 258 g/mol. The number of halogens is 1. The van der Waals surface area contributed by atoms with Gasteiger partial charge < -0.3 is 20.6 Å². The molecule has 0 heterocycles. The molecule has 1 amide bonds. The van der Waals surface area contributed by atoms with Crippen molar-refractivity contribution in [1.29, 1.82) is 0 Å². The van der Waals surface area contributed by atoms with Gasteiger partial charge >= 0.3 is 0 Å². The fraction of sp³-hybridized carbons (Fsp3) is 0.417. The van der Waals surface area contributed by atoms with Crippen LogP contribution in [0.4, 0.5) is 0 Å². The molecule has 0 saturated heterocycles. The minimum absolute atomic E-state index is 0.0674. The van der Waals surface area contributed by atoms with Gasteiger partial charge in [0.2, 0.25) is 0 Å². The molecule has 0 saturated carbocycles. The lowest BCUT2D eigenvalue weighted by Gasteiger charge is -2.29. The second-order valence-corrected chi connectivity index (χ2v) is 4.48. The van der Waals surface area contributed by atoms with Crippen molar-refractivity contribution in [2.45, 2.75) is 18.9 Å². The maximum Gasteiger partial charge on any atom is 0.251 e. The van der Waals surface area contributed by atoms with Gasteiger partial charge in [0.25, 0.3) is 5.91 Å². The largest absolute Gasteiger partial charge is 0.506 e. The van der Waals surface area contributed by atoms with Crippen LogP contribution >= 0.6 is 11.6 Å². The zero-order valence-corrected chi connectivity index (χ0v) is 10.7. The molecule has 0 unspecified atom stereocenters. The second-order valence-electron chi connectivity index (χ2n) is 4.07. The summed E-state index contributed by atoms with van der Waals surface area (Å²) in [6.45, 7) is 1.02. The molecule has 0 atom stereocenters. The van der Waals surface area contributed by atoms with Crippen LogP contribution in [0.1, 0.15) is 23.7 Å². The number of carbonyl (C=O) groups is 1. The van der Waals surface area contributed by atoms with Gasteiger partial charge in [0.1, 0.15) is 5.75 Å². The van der Waals surface area contributed by atoms with E-state index in [1.165, 1.54) is 18.2 Å². The predicted octanol–water partition coefficient (Wildman–Crippen LogP) is 0.909. The van der Waals surface area contributed by atoms with E-state index in [1.807, 2.05) is 0 Å². The highest BCUT2D eigenvalue weighted by atomic mass is 35.5. The Morgan fingerprint density at radius 3 is 2.44 bits per heavy atom. The van der Waals surface area contributed by atoms with E-state index in [0.717, 1.165) is 0 Å². The maximum atomic E-state index is 11.9. The van der Waals surface area contributed by atoms with Crippen molar-refractivity contribution in [3.05, 3.63) is 28.8 Å². The van der Waals surface area contributed by atoms with Gasteiger partial charge in [0, 0.05) is 5.56 Å². The number of aliphatic hydroxyl groups is 2. The smallest absolute Gasteiger partial charge is 0.251 e. The molecule has 0 aliphatic carbocycles. The molecule has 100 valence electrons. The van der Waals surface area contributed by atoms with Crippen molar-refractivity contribution in [3.63, 3.8) is 0 Å². The molecule has 0 spiro atoms. The molecule has 0 aliphatic heterocycles. The molecule has 0 aromatic heterocycles. The number of aliphatic hydroxyl groups excluding tert-OH is 2. The first-order valence-corrected chi connectivity index (χ1v) is 5.88. The van der Waals surface area contributed by atoms with Crippen LogP contribution in [-0.2, 0) is 0 Å². The summed E-state index contributed by atoms with van der Waals surface area (Å²) >= 11 is 5.70. The number of amides is 1. The van der Waals surface area contributed by atoms with E-state index < -0.39 is 11.4 Å². The first-order chi connectivity index (χ1) is 8.48. The van der Waals surface area contributed by atoms with E-state index in [-0.39, 0.29) is 29.5 Å². The number of nitrogens with one attached hydrogen (secondary N) is 1. The van der Waals surface area contributed by atoms with Crippen molar-refractivity contribution >= 4 is 17.5 Å². The lowest BCUT2D eigenvalue weighted by atomic mass is 9.98. The van der Waals surface area contributed by atoms with Crippen LogP contribution in [-0.4, -0.2) is 40.0 Å². The second kappa shape index (κ2) is 6.04. The monoisotopic (exact) mass is 273 g/mol. The van der Waals surface area contributed by atoms with Crippen LogP contribution in [0.25, 0.3) is 0 Å². The predicted molar refractivity (Wildman–Crippen MR) is 67.8 cm³/mol. The van der Waals surface area contributed by atoms with Crippen LogP contribution in [0, 0.1) is 0 Å². The highest BCUT2D eigenvalue weighted by molar-refractivity contribution is 6.32. The summed E-state index contributed by atoms with van der Waals surface area (Å²) in [4.78, 5) is 11.9. The van der Waals surface area contributed by atoms with Crippen molar-refractivity contribution in [2.24, 2.45) is 0 Å². The third kappa shape index (κ3) is 3.13. The van der Waals surface area contributed by atoms with Gasteiger partial charge in [-0.3, -0.25) is 4.79 Å². The number of carbonyl (C=O) groups excluding carboxylic acids is 1. The third-order valence-corrected chi connectivity index (χ3v) is 3.17. The van der Waals surface area contributed by atoms with Crippen LogP contribution in [0.15, 0.2) is 18.2 Å². The average Bonchev–Trinajstić information content (AvgIpc) is 2.39. The molecular formula is C12H16ClNO4. The number of hydrogen-bond acceptors (Lipinski definition) is 4. The lowest BCUT2D eigenvalue weighted by Crippen LogP contribution is -2.53. The molecule has 4 N–H and O–H groups in total. The van der Waals surface area contributed by atoms with Crippen molar-refractivity contribution in [1.82, 2.24) is 5.32 Å². The zero-order valence-electron chi connectivity index (χ0n) is 9.98. The Hall–Kier alpha value is -1.30. The molecule has 1 aromatic rings. The van der Waals surface area contributed by atoms with Gasteiger partial charge in [-0.05, 0) is 24.6 Å². The first kappa shape index (κ1) is 14.8. The van der Waals surface area contributed by atoms with Crippen LogP contribution < -0.4 is 5.32 Å². The summed E-state index contributed by atoms with van der Waals surface area (Å²) in [6.07, 6.45) is 0.386. The Bertz CT molecular complexity index is 424. The normalized spacial score (nSPS) is 11.3. The minimum Gasteiger partial charge on any atom is -0.506 e. The SMILES string of the molecule is CCC(CO)(CO)NC(=O)c1ccc(O)c(Cl)c1. The van der Waals surface area contributed by atoms with E-state index in [4.69, 9.17) is 11.6 Å². The van der Waals surface area contributed by atoms with Crippen LogP contribution in [0.2, 0.25) is 5.02 Å². The Labute approximate surface area is 110 Å². The Morgan fingerprint density at radius 1 is 1.39 bits per heavy atom. The van der Waals surface area contributed by atoms with E-state index >= 15 is 0 Å². The average molecular weight is 274 g/mol. The molecule has 0 fully saturated rings.